The standard InChI is InChI=1S/C15H13Br2FN2O/c1-2-20(9-11-6-12(16)3-4-14(11)18)15(21)10-5-13(17)8-19-7-10/h3-8H,2,9H2,1H3. The lowest BCUT2D eigenvalue weighted by Crippen LogP contribution is -2.30. The van der Waals surface area contributed by atoms with E-state index in [2.05, 4.69) is 36.8 Å². The fraction of sp³-hybridized carbons (Fsp3) is 0.200. The molecule has 0 atom stereocenters. The van der Waals surface area contributed by atoms with Crippen LogP contribution in [-0.4, -0.2) is 22.3 Å². The summed E-state index contributed by atoms with van der Waals surface area (Å²) in [6.07, 6.45) is 3.12. The summed E-state index contributed by atoms with van der Waals surface area (Å²) in [6, 6.07) is 6.41. The van der Waals surface area contributed by atoms with E-state index < -0.39 is 0 Å². The van der Waals surface area contributed by atoms with Crippen molar-refractivity contribution in [3.63, 3.8) is 0 Å². The van der Waals surface area contributed by atoms with Gasteiger partial charge in [-0.05, 0) is 47.1 Å². The number of carbonyl (C=O) groups excluding carboxylic acids is 1. The minimum Gasteiger partial charge on any atom is -0.334 e. The second-order valence-corrected chi connectivity index (χ2v) is 6.28. The molecule has 2 aromatic rings. The summed E-state index contributed by atoms with van der Waals surface area (Å²) >= 11 is 6.60. The van der Waals surface area contributed by atoms with Crippen LogP contribution in [0.4, 0.5) is 4.39 Å². The van der Waals surface area contributed by atoms with E-state index in [-0.39, 0.29) is 18.3 Å². The Bertz CT molecular complexity index is 664. The van der Waals surface area contributed by atoms with Crippen LogP contribution in [0.2, 0.25) is 0 Å². The van der Waals surface area contributed by atoms with Gasteiger partial charge in [0.15, 0.2) is 0 Å². The molecular formula is C15H13Br2FN2O. The van der Waals surface area contributed by atoms with Crippen molar-refractivity contribution in [2.75, 3.05) is 6.54 Å². The molecular weight excluding hydrogens is 403 g/mol. The molecule has 110 valence electrons. The number of pyridine rings is 1. The van der Waals surface area contributed by atoms with Crippen LogP contribution in [0, 0.1) is 5.82 Å². The van der Waals surface area contributed by atoms with E-state index in [0.717, 1.165) is 8.95 Å². The highest BCUT2D eigenvalue weighted by atomic mass is 79.9. The summed E-state index contributed by atoms with van der Waals surface area (Å²) in [5, 5.41) is 0. The number of benzene rings is 1. The molecule has 0 spiro atoms. The van der Waals surface area contributed by atoms with E-state index >= 15 is 0 Å². The second-order valence-electron chi connectivity index (χ2n) is 4.45. The molecule has 0 aliphatic rings. The topological polar surface area (TPSA) is 33.2 Å². The summed E-state index contributed by atoms with van der Waals surface area (Å²) in [5.74, 6) is -0.498. The van der Waals surface area contributed by atoms with Gasteiger partial charge >= 0.3 is 0 Å². The summed E-state index contributed by atoms with van der Waals surface area (Å²) < 4.78 is 15.3. The van der Waals surface area contributed by atoms with Crippen molar-refractivity contribution in [2.45, 2.75) is 13.5 Å². The molecule has 0 unspecified atom stereocenters. The quantitative estimate of drug-likeness (QED) is 0.740. The summed E-state index contributed by atoms with van der Waals surface area (Å²) in [7, 11) is 0. The normalized spacial score (nSPS) is 10.5. The van der Waals surface area contributed by atoms with Crippen molar-refractivity contribution in [1.82, 2.24) is 9.88 Å². The Morgan fingerprint density at radius 2 is 2.00 bits per heavy atom. The van der Waals surface area contributed by atoms with Crippen LogP contribution in [0.3, 0.4) is 0 Å². The minimum atomic E-state index is -0.322. The largest absolute Gasteiger partial charge is 0.334 e. The maximum absolute atomic E-state index is 13.8. The predicted octanol–water partition coefficient (Wildman–Crippen LogP) is 4.41. The van der Waals surface area contributed by atoms with E-state index in [4.69, 9.17) is 0 Å². The molecule has 0 aliphatic heterocycles. The molecule has 0 saturated heterocycles. The van der Waals surface area contributed by atoms with E-state index in [1.54, 1.807) is 29.3 Å². The fourth-order valence-corrected chi connectivity index (χ4v) is 2.68. The van der Waals surface area contributed by atoms with Crippen LogP contribution in [0.1, 0.15) is 22.8 Å². The van der Waals surface area contributed by atoms with Gasteiger partial charge in [0.05, 0.1) is 5.56 Å². The number of carbonyl (C=O) groups is 1. The molecule has 2 rings (SSSR count). The zero-order valence-electron chi connectivity index (χ0n) is 11.3. The van der Waals surface area contributed by atoms with Crippen LogP contribution in [0.15, 0.2) is 45.6 Å². The Morgan fingerprint density at radius 3 is 2.67 bits per heavy atom. The van der Waals surface area contributed by atoms with Crippen LogP contribution in [0.5, 0.6) is 0 Å². The van der Waals surface area contributed by atoms with E-state index in [1.807, 2.05) is 6.92 Å². The highest BCUT2D eigenvalue weighted by Crippen LogP contribution is 2.19. The molecule has 0 fully saturated rings. The Labute approximate surface area is 139 Å². The third kappa shape index (κ3) is 4.11. The van der Waals surface area contributed by atoms with E-state index in [9.17, 15) is 9.18 Å². The van der Waals surface area contributed by atoms with Gasteiger partial charge in [-0.1, -0.05) is 15.9 Å². The highest BCUT2D eigenvalue weighted by molar-refractivity contribution is 9.10. The van der Waals surface area contributed by atoms with Crippen molar-refractivity contribution >= 4 is 37.8 Å². The maximum Gasteiger partial charge on any atom is 0.255 e. The summed E-state index contributed by atoms with van der Waals surface area (Å²) in [5.41, 5.74) is 0.948. The average Bonchev–Trinajstić information content (AvgIpc) is 2.47. The van der Waals surface area contributed by atoms with Gasteiger partial charge in [0, 0.05) is 40.0 Å². The van der Waals surface area contributed by atoms with Gasteiger partial charge in [-0.15, -0.1) is 0 Å². The lowest BCUT2D eigenvalue weighted by molar-refractivity contribution is 0.0750. The molecule has 1 aromatic heterocycles. The lowest BCUT2D eigenvalue weighted by Gasteiger charge is -2.21. The van der Waals surface area contributed by atoms with E-state index in [1.165, 1.54) is 12.3 Å². The molecule has 0 saturated carbocycles. The third-order valence-corrected chi connectivity index (χ3v) is 3.92. The first-order valence-corrected chi connectivity index (χ1v) is 7.93. The number of amides is 1. The molecule has 1 amide bonds. The third-order valence-electron chi connectivity index (χ3n) is 2.99. The molecule has 1 aromatic carbocycles. The van der Waals surface area contributed by atoms with Gasteiger partial charge in [-0.2, -0.15) is 0 Å². The SMILES string of the molecule is CCN(Cc1cc(Br)ccc1F)C(=O)c1cncc(Br)c1. The predicted molar refractivity (Wildman–Crippen MR) is 86.5 cm³/mol. The second kappa shape index (κ2) is 7.13. The number of hydrogen-bond donors (Lipinski definition) is 0. The van der Waals surface area contributed by atoms with Gasteiger partial charge in [0.1, 0.15) is 5.82 Å². The molecule has 6 heteroatoms. The van der Waals surface area contributed by atoms with Crippen molar-refractivity contribution in [3.8, 4) is 0 Å². The molecule has 0 N–H and O–H groups in total. The monoisotopic (exact) mass is 414 g/mol. The minimum absolute atomic E-state index is 0.175. The highest BCUT2D eigenvalue weighted by Gasteiger charge is 2.17. The smallest absolute Gasteiger partial charge is 0.255 e. The molecule has 21 heavy (non-hydrogen) atoms. The number of hydrogen-bond acceptors (Lipinski definition) is 2. The van der Waals surface area contributed by atoms with Crippen molar-refractivity contribution in [3.05, 3.63) is 62.5 Å². The Hall–Kier alpha value is -1.27. The van der Waals surface area contributed by atoms with Crippen molar-refractivity contribution < 1.29 is 9.18 Å². The molecule has 0 bridgehead atoms. The number of nitrogens with zero attached hydrogens (tertiary/aromatic N) is 2. The van der Waals surface area contributed by atoms with Crippen molar-refractivity contribution in [1.29, 1.82) is 0 Å². The van der Waals surface area contributed by atoms with Crippen LogP contribution < -0.4 is 0 Å². The summed E-state index contributed by atoms with van der Waals surface area (Å²) in [6.45, 7) is 2.56. The molecule has 3 nitrogen and oxygen atoms in total. The zero-order chi connectivity index (χ0) is 15.4. The Balaban J connectivity index is 2.23. The first-order chi connectivity index (χ1) is 10.0. The van der Waals surface area contributed by atoms with Gasteiger partial charge in [0.25, 0.3) is 5.91 Å². The lowest BCUT2D eigenvalue weighted by atomic mass is 10.1. The zero-order valence-corrected chi connectivity index (χ0v) is 14.5. The van der Waals surface area contributed by atoms with Crippen molar-refractivity contribution in [2.24, 2.45) is 0 Å². The summed E-state index contributed by atoms with van der Waals surface area (Å²) in [4.78, 5) is 18.0. The van der Waals surface area contributed by atoms with E-state index in [0.29, 0.717) is 17.7 Å². The Kier molecular flexibility index (Phi) is 5.47. The molecule has 0 aliphatic carbocycles. The van der Waals surface area contributed by atoms with Crippen LogP contribution in [0.25, 0.3) is 0 Å². The number of halogens is 3. The van der Waals surface area contributed by atoms with Gasteiger partial charge in [-0.25, -0.2) is 4.39 Å². The maximum atomic E-state index is 13.8. The van der Waals surface area contributed by atoms with Crippen LogP contribution >= 0.6 is 31.9 Å². The Morgan fingerprint density at radius 1 is 1.24 bits per heavy atom. The number of aromatic nitrogens is 1. The van der Waals surface area contributed by atoms with Gasteiger partial charge in [0.2, 0.25) is 0 Å². The van der Waals surface area contributed by atoms with Gasteiger partial charge < -0.3 is 4.90 Å². The first kappa shape index (κ1) is 16.1. The fourth-order valence-electron chi connectivity index (χ4n) is 1.91. The number of rotatable bonds is 4. The van der Waals surface area contributed by atoms with Gasteiger partial charge in [-0.3, -0.25) is 9.78 Å². The first-order valence-electron chi connectivity index (χ1n) is 6.35. The van der Waals surface area contributed by atoms with Crippen LogP contribution in [-0.2, 0) is 6.54 Å². The average molecular weight is 416 g/mol. The molecule has 1 heterocycles. The molecule has 0 radical (unpaired) electrons.